The molecule has 0 aromatic heterocycles. The lowest BCUT2D eigenvalue weighted by Crippen LogP contribution is -2.24. The second kappa shape index (κ2) is 6.08. The Morgan fingerprint density at radius 3 is 2.90 bits per heavy atom. The average molecular weight is 282 g/mol. The number of nitrogens with one attached hydrogen (secondary N) is 1. The molecule has 2 aromatic rings. The van der Waals surface area contributed by atoms with Gasteiger partial charge < -0.3 is 15.0 Å². The summed E-state index contributed by atoms with van der Waals surface area (Å²) in [4.78, 5) is 2.34. The van der Waals surface area contributed by atoms with Gasteiger partial charge in [0.15, 0.2) is 0 Å². The van der Waals surface area contributed by atoms with Crippen LogP contribution in [0.15, 0.2) is 42.5 Å². The molecule has 1 aliphatic heterocycles. The average Bonchev–Trinajstić information content (AvgIpc) is 2.53. The van der Waals surface area contributed by atoms with Crippen molar-refractivity contribution in [1.29, 1.82) is 0 Å². The molecule has 1 N–H and O–H groups in total. The standard InChI is InChI=1S/C18H22N2O/c1-20-11-5-6-15-12-14(9-10-17(15)20)13-19-16-7-3-4-8-18(16)21-2/h3-4,7-10,12,19H,5-6,11,13H2,1-2H3. The third-order valence-electron chi connectivity index (χ3n) is 4.08. The normalized spacial score (nSPS) is 13.7. The van der Waals surface area contributed by atoms with Crippen LogP contribution in [0.1, 0.15) is 17.5 Å². The van der Waals surface area contributed by atoms with E-state index in [1.165, 1.54) is 29.7 Å². The Labute approximate surface area is 126 Å². The summed E-state index contributed by atoms with van der Waals surface area (Å²) in [6, 6.07) is 14.8. The lowest BCUT2D eigenvalue weighted by atomic mass is 9.99. The smallest absolute Gasteiger partial charge is 0.141 e. The minimum Gasteiger partial charge on any atom is -0.495 e. The van der Waals surface area contributed by atoms with Gasteiger partial charge in [-0.25, -0.2) is 0 Å². The minimum absolute atomic E-state index is 0.817. The van der Waals surface area contributed by atoms with Gasteiger partial charge in [0.05, 0.1) is 12.8 Å². The van der Waals surface area contributed by atoms with Crippen molar-refractivity contribution in [2.24, 2.45) is 0 Å². The van der Waals surface area contributed by atoms with E-state index in [0.29, 0.717) is 0 Å². The predicted octanol–water partition coefficient (Wildman–Crippen LogP) is 3.69. The van der Waals surface area contributed by atoms with E-state index < -0.39 is 0 Å². The molecule has 0 radical (unpaired) electrons. The molecule has 0 saturated heterocycles. The maximum Gasteiger partial charge on any atom is 0.141 e. The van der Waals surface area contributed by atoms with Gasteiger partial charge >= 0.3 is 0 Å². The number of aryl methyl sites for hydroxylation is 1. The molecule has 0 bridgehead atoms. The highest BCUT2D eigenvalue weighted by Gasteiger charge is 2.13. The molecule has 0 spiro atoms. The van der Waals surface area contributed by atoms with E-state index in [4.69, 9.17) is 4.74 Å². The van der Waals surface area contributed by atoms with E-state index in [0.717, 1.165) is 24.5 Å². The number of hydrogen-bond acceptors (Lipinski definition) is 3. The number of anilines is 2. The second-order valence-corrected chi connectivity index (χ2v) is 5.54. The van der Waals surface area contributed by atoms with E-state index in [-0.39, 0.29) is 0 Å². The van der Waals surface area contributed by atoms with Crippen LogP contribution in [0.5, 0.6) is 5.75 Å². The van der Waals surface area contributed by atoms with Crippen LogP contribution in [0.2, 0.25) is 0 Å². The Balaban J connectivity index is 1.74. The van der Waals surface area contributed by atoms with Crippen LogP contribution in [-0.4, -0.2) is 20.7 Å². The van der Waals surface area contributed by atoms with Gasteiger partial charge in [0.25, 0.3) is 0 Å². The SMILES string of the molecule is COc1ccccc1NCc1ccc2c(c1)CCCN2C. The Hall–Kier alpha value is -2.16. The third-order valence-corrected chi connectivity index (χ3v) is 4.08. The summed E-state index contributed by atoms with van der Waals surface area (Å²) in [6.07, 6.45) is 2.43. The number of ether oxygens (including phenoxy) is 1. The molecule has 1 aliphatic rings. The molecule has 0 fully saturated rings. The van der Waals surface area contributed by atoms with Crippen molar-refractivity contribution < 1.29 is 4.74 Å². The van der Waals surface area contributed by atoms with Gasteiger partial charge in [0, 0.05) is 25.8 Å². The molecule has 21 heavy (non-hydrogen) atoms. The fourth-order valence-corrected chi connectivity index (χ4v) is 2.94. The lowest BCUT2D eigenvalue weighted by Gasteiger charge is -2.28. The molecule has 0 aliphatic carbocycles. The van der Waals surface area contributed by atoms with Crippen molar-refractivity contribution in [1.82, 2.24) is 0 Å². The highest BCUT2D eigenvalue weighted by Crippen LogP contribution is 2.28. The molecular formula is C18H22N2O. The molecular weight excluding hydrogens is 260 g/mol. The molecule has 2 aromatic carbocycles. The number of fused-ring (bicyclic) bond motifs is 1. The van der Waals surface area contributed by atoms with E-state index in [9.17, 15) is 0 Å². The molecule has 3 nitrogen and oxygen atoms in total. The van der Waals surface area contributed by atoms with Crippen LogP contribution in [0.3, 0.4) is 0 Å². The summed E-state index contributed by atoms with van der Waals surface area (Å²) < 4.78 is 5.37. The summed E-state index contributed by atoms with van der Waals surface area (Å²) in [6.45, 7) is 1.98. The summed E-state index contributed by atoms with van der Waals surface area (Å²) >= 11 is 0. The predicted molar refractivity (Wildman–Crippen MR) is 88.4 cm³/mol. The van der Waals surface area contributed by atoms with Gasteiger partial charge in [-0.3, -0.25) is 0 Å². The van der Waals surface area contributed by atoms with Gasteiger partial charge in [0.2, 0.25) is 0 Å². The first-order chi connectivity index (χ1) is 10.3. The van der Waals surface area contributed by atoms with Crippen molar-refractivity contribution in [3.05, 3.63) is 53.6 Å². The van der Waals surface area contributed by atoms with Crippen molar-refractivity contribution in [3.63, 3.8) is 0 Å². The zero-order chi connectivity index (χ0) is 14.7. The monoisotopic (exact) mass is 282 g/mol. The number of nitrogens with zero attached hydrogens (tertiary/aromatic N) is 1. The molecule has 0 amide bonds. The van der Waals surface area contributed by atoms with Crippen LogP contribution in [-0.2, 0) is 13.0 Å². The van der Waals surface area contributed by atoms with Crippen molar-refractivity contribution in [2.45, 2.75) is 19.4 Å². The van der Waals surface area contributed by atoms with Crippen molar-refractivity contribution in [3.8, 4) is 5.75 Å². The first-order valence-electron chi connectivity index (χ1n) is 7.48. The van der Waals surface area contributed by atoms with Crippen LogP contribution >= 0.6 is 0 Å². The Morgan fingerprint density at radius 1 is 1.19 bits per heavy atom. The van der Waals surface area contributed by atoms with Crippen LogP contribution in [0, 0.1) is 0 Å². The fourth-order valence-electron chi connectivity index (χ4n) is 2.94. The number of hydrogen-bond donors (Lipinski definition) is 1. The highest BCUT2D eigenvalue weighted by atomic mass is 16.5. The topological polar surface area (TPSA) is 24.5 Å². The first kappa shape index (κ1) is 13.8. The van der Waals surface area contributed by atoms with E-state index >= 15 is 0 Å². The summed E-state index contributed by atoms with van der Waals surface area (Å²) in [7, 11) is 3.87. The highest BCUT2D eigenvalue weighted by molar-refractivity contribution is 5.58. The Kier molecular flexibility index (Phi) is 4.00. The number of methoxy groups -OCH3 is 1. The summed E-state index contributed by atoms with van der Waals surface area (Å²) in [5.74, 6) is 0.884. The molecule has 0 unspecified atom stereocenters. The van der Waals surface area contributed by atoms with Crippen molar-refractivity contribution >= 4 is 11.4 Å². The van der Waals surface area contributed by atoms with Gasteiger partial charge in [-0.2, -0.15) is 0 Å². The Bertz CT molecular complexity index is 624. The molecule has 3 rings (SSSR count). The number of rotatable bonds is 4. The molecule has 0 atom stereocenters. The Morgan fingerprint density at radius 2 is 2.05 bits per heavy atom. The zero-order valence-electron chi connectivity index (χ0n) is 12.7. The molecule has 110 valence electrons. The van der Waals surface area contributed by atoms with Gasteiger partial charge in [-0.1, -0.05) is 24.3 Å². The molecule has 0 saturated carbocycles. The maximum absolute atomic E-state index is 5.37. The minimum atomic E-state index is 0.817. The van der Waals surface area contributed by atoms with Gasteiger partial charge in [-0.05, 0) is 42.2 Å². The molecule has 3 heteroatoms. The van der Waals surface area contributed by atoms with Gasteiger partial charge in [-0.15, -0.1) is 0 Å². The van der Waals surface area contributed by atoms with Gasteiger partial charge in [0.1, 0.15) is 5.75 Å². The largest absolute Gasteiger partial charge is 0.495 e. The maximum atomic E-state index is 5.37. The summed E-state index contributed by atoms with van der Waals surface area (Å²) in [5.41, 5.74) is 5.19. The second-order valence-electron chi connectivity index (χ2n) is 5.54. The molecule has 1 heterocycles. The quantitative estimate of drug-likeness (QED) is 0.925. The van der Waals surface area contributed by atoms with Crippen LogP contribution < -0.4 is 15.0 Å². The van der Waals surface area contributed by atoms with E-state index in [1.807, 2.05) is 24.3 Å². The number of para-hydroxylation sites is 2. The van der Waals surface area contributed by atoms with Crippen LogP contribution in [0.4, 0.5) is 11.4 Å². The lowest BCUT2D eigenvalue weighted by molar-refractivity contribution is 0.416. The fraction of sp³-hybridized carbons (Fsp3) is 0.333. The summed E-state index contributed by atoms with van der Waals surface area (Å²) in [5, 5.41) is 3.46. The van der Waals surface area contributed by atoms with Crippen LogP contribution in [0.25, 0.3) is 0 Å². The zero-order valence-corrected chi connectivity index (χ0v) is 12.7. The van der Waals surface area contributed by atoms with Crippen molar-refractivity contribution in [2.75, 3.05) is 30.9 Å². The van der Waals surface area contributed by atoms with E-state index in [1.54, 1.807) is 7.11 Å². The van der Waals surface area contributed by atoms with E-state index in [2.05, 4.69) is 35.5 Å². The number of benzene rings is 2. The third kappa shape index (κ3) is 2.97. The first-order valence-corrected chi connectivity index (χ1v) is 7.48.